The van der Waals surface area contributed by atoms with E-state index in [9.17, 15) is 9.18 Å². The Morgan fingerprint density at radius 3 is 2.32 bits per heavy atom. The van der Waals surface area contributed by atoms with Gasteiger partial charge in [0, 0.05) is 23.0 Å². The van der Waals surface area contributed by atoms with Gasteiger partial charge in [-0.05, 0) is 42.0 Å². The van der Waals surface area contributed by atoms with Crippen molar-refractivity contribution in [3.63, 3.8) is 0 Å². The molecule has 0 aliphatic heterocycles. The van der Waals surface area contributed by atoms with Crippen molar-refractivity contribution in [3.8, 4) is 11.1 Å². The normalized spacial score (nSPS) is 10.2. The molecule has 2 aromatic carbocycles. The Kier molecular flexibility index (Phi) is 3.92. The molecule has 0 radical (unpaired) electrons. The Bertz CT molecular complexity index is 786. The number of halogens is 1. The molecule has 4 heteroatoms. The Labute approximate surface area is 127 Å². The van der Waals surface area contributed by atoms with Crippen LogP contribution in [0, 0.1) is 5.95 Å². The highest BCUT2D eigenvalue weighted by Crippen LogP contribution is 2.23. The molecule has 22 heavy (non-hydrogen) atoms. The zero-order valence-electron chi connectivity index (χ0n) is 11.7. The number of nitrogens with one attached hydrogen (secondary N) is 1. The molecule has 3 aromatic rings. The topological polar surface area (TPSA) is 42.0 Å². The number of hydrogen-bond donors (Lipinski definition) is 1. The summed E-state index contributed by atoms with van der Waals surface area (Å²) in [4.78, 5) is 15.7. The first-order valence-electron chi connectivity index (χ1n) is 6.81. The lowest BCUT2D eigenvalue weighted by atomic mass is 10.1. The van der Waals surface area contributed by atoms with Crippen LogP contribution < -0.4 is 5.32 Å². The van der Waals surface area contributed by atoms with Crippen molar-refractivity contribution in [3.05, 3.63) is 84.4 Å². The first kappa shape index (κ1) is 13.9. The summed E-state index contributed by atoms with van der Waals surface area (Å²) in [5.41, 5.74) is 2.39. The predicted molar refractivity (Wildman–Crippen MR) is 84.0 cm³/mol. The Morgan fingerprint density at radius 1 is 0.909 bits per heavy atom. The summed E-state index contributed by atoms with van der Waals surface area (Å²) in [5.74, 6) is -0.690. The summed E-state index contributed by atoms with van der Waals surface area (Å²) in [5, 5.41) is 2.80. The van der Waals surface area contributed by atoms with Crippen LogP contribution in [-0.2, 0) is 0 Å². The monoisotopic (exact) mass is 292 g/mol. The van der Waals surface area contributed by atoms with Crippen LogP contribution in [0.1, 0.15) is 10.4 Å². The molecule has 1 N–H and O–H groups in total. The van der Waals surface area contributed by atoms with Gasteiger partial charge in [0.25, 0.3) is 5.91 Å². The number of rotatable bonds is 3. The van der Waals surface area contributed by atoms with E-state index in [0.717, 1.165) is 0 Å². The minimum Gasteiger partial charge on any atom is -0.322 e. The van der Waals surface area contributed by atoms with Gasteiger partial charge < -0.3 is 5.32 Å². The molecule has 0 saturated carbocycles. The minimum absolute atomic E-state index is 0.180. The molecule has 1 heterocycles. The fourth-order valence-corrected chi connectivity index (χ4v) is 2.13. The molecular formula is C18H13FN2O. The molecule has 0 atom stereocenters. The van der Waals surface area contributed by atoms with E-state index in [2.05, 4.69) is 10.3 Å². The van der Waals surface area contributed by atoms with Crippen LogP contribution in [0.4, 0.5) is 10.1 Å². The van der Waals surface area contributed by atoms with Crippen LogP contribution in [0.15, 0.2) is 72.9 Å². The third-order valence-electron chi connectivity index (χ3n) is 3.25. The summed E-state index contributed by atoms with van der Waals surface area (Å²) in [6.45, 7) is 0. The zero-order chi connectivity index (χ0) is 15.4. The van der Waals surface area contributed by atoms with Gasteiger partial charge >= 0.3 is 0 Å². The highest BCUT2D eigenvalue weighted by atomic mass is 19.1. The van der Waals surface area contributed by atoms with Crippen molar-refractivity contribution >= 4 is 11.6 Å². The van der Waals surface area contributed by atoms with Crippen molar-refractivity contribution in [1.29, 1.82) is 0 Å². The predicted octanol–water partition coefficient (Wildman–Crippen LogP) is 4.14. The molecule has 0 aliphatic carbocycles. The lowest BCUT2D eigenvalue weighted by Gasteiger charge is -2.07. The van der Waals surface area contributed by atoms with Crippen molar-refractivity contribution in [1.82, 2.24) is 4.98 Å². The number of amides is 1. The van der Waals surface area contributed by atoms with Crippen molar-refractivity contribution in [2.24, 2.45) is 0 Å². The van der Waals surface area contributed by atoms with Crippen molar-refractivity contribution in [2.45, 2.75) is 0 Å². The lowest BCUT2D eigenvalue weighted by molar-refractivity contribution is 0.102. The number of aromatic nitrogens is 1. The van der Waals surface area contributed by atoms with E-state index in [1.165, 1.54) is 6.20 Å². The van der Waals surface area contributed by atoms with Crippen molar-refractivity contribution in [2.75, 3.05) is 5.32 Å². The molecule has 0 fully saturated rings. The molecule has 1 aromatic heterocycles. The van der Waals surface area contributed by atoms with Gasteiger partial charge in [-0.15, -0.1) is 0 Å². The second-order valence-electron chi connectivity index (χ2n) is 4.74. The quantitative estimate of drug-likeness (QED) is 0.737. The average Bonchev–Trinajstić information content (AvgIpc) is 2.57. The summed E-state index contributed by atoms with van der Waals surface area (Å²) < 4.78 is 13.6. The highest BCUT2D eigenvalue weighted by molar-refractivity contribution is 6.04. The van der Waals surface area contributed by atoms with Gasteiger partial charge in [-0.3, -0.25) is 4.79 Å². The molecular weight excluding hydrogens is 279 g/mol. The smallest absolute Gasteiger partial charge is 0.255 e. The number of carbonyl (C=O) groups excluding carboxylic acids is 1. The van der Waals surface area contributed by atoms with E-state index in [0.29, 0.717) is 22.4 Å². The molecule has 0 saturated heterocycles. The van der Waals surface area contributed by atoms with Crippen molar-refractivity contribution < 1.29 is 9.18 Å². The van der Waals surface area contributed by atoms with E-state index in [1.54, 1.807) is 48.5 Å². The summed E-state index contributed by atoms with van der Waals surface area (Å²) in [7, 11) is 0. The minimum atomic E-state index is -0.511. The highest BCUT2D eigenvalue weighted by Gasteiger charge is 2.07. The number of hydrogen-bond acceptors (Lipinski definition) is 2. The molecule has 1 amide bonds. The van der Waals surface area contributed by atoms with E-state index in [4.69, 9.17) is 0 Å². The first-order chi connectivity index (χ1) is 10.7. The number of pyridine rings is 1. The largest absolute Gasteiger partial charge is 0.322 e. The number of carbonyl (C=O) groups is 1. The zero-order valence-corrected chi connectivity index (χ0v) is 11.7. The van der Waals surface area contributed by atoms with Crippen LogP contribution >= 0.6 is 0 Å². The fourth-order valence-electron chi connectivity index (χ4n) is 2.13. The van der Waals surface area contributed by atoms with Gasteiger partial charge in [-0.1, -0.05) is 30.3 Å². The van der Waals surface area contributed by atoms with Gasteiger partial charge in [-0.25, -0.2) is 4.98 Å². The summed E-state index contributed by atoms with van der Waals surface area (Å²) >= 11 is 0. The molecule has 0 bridgehead atoms. The van der Waals surface area contributed by atoms with Gasteiger partial charge in [0.05, 0.1) is 0 Å². The van der Waals surface area contributed by atoms with Gasteiger partial charge in [0.1, 0.15) is 0 Å². The number of nitrogens with zero attached hydrogens (tertiary/aromatic N) is 1. The van der Waals surface area contributed by atoms with E-state index in [1.807, 2.05) is 18.2 Å². The molecule has 0 unspecified atom stereocenters. The second-order valence-corrected chi connectivity index (χ2v) is 4.74. The fraction of sp³-hybridized carbons (Fsp3) is 0. The summed E-state index contributed by atoms with van der Waals surface area (Å²) in [6, 6.07) is 19.3. The van der Waals surface area contributed by atoms with Gasteiger partial charge in [0.2, 0.25) is 5.95 Å². The van der Waals surface area contributed by atoms with Crippen LogP contribution in [0.5, 0.6) is 0 Å². The second kappa shape index (κ2) is 6.18. The Balaban J connectivity index is 1.78. The SMILES string of the molecule is O=C(Nc1ccc(-c2cccnc2F)cc1)c1ccccc1. The van der Waals surface area contributed by atoms with Crippen LogP contribution in [0.3, 0.4) is 0 Å². The maximum atomic E-state index is 13.6. The average molecular weight is 292 g/mol. The molecule has 3 rings (SSSR count). The third-order valence-corrected chi connectivity index (χ3v) is 3.25. The third kappa shape index (κ3) is 3.01. The van der Waals surface area contributed by atoms with Gasteiger partial charge in [0.15, 0.2) is 0 Å². The van der Waals surface area contributed by atoms with Crippen LogP contribution in [0.2, 0.25) is 0 Å². The standard InChI is InChI=1S/C18H13FN2O/c19-17-16(7-4-12-20-17)13-8-10-15(11-9-13)21-18(22)14-5-2-1-3-6-14/h1-12H,(H,21,22). The molecule has 3 nitrogen and oxygen atoms in total. The Morgan fingerprint density at radius 2 is 1.64 bits per heavy atom. The van der Waals surface area contributed by atoms with E-state index in [-0.39, 0.29) is 5.91 Å². The summed E-state index contributed by atoms with van der Waals surface area (Å²) in [6.07, 6.45) is 1.41. The maximum absolute atomic E-state index is 13.6. The molecule has 108 valence electrons. The lowest BCUT2D eigenvalue weighted by Crippen LogP contribution is -2.11. The number of benzene rings is 2. The Hall–Kier alpha value is -3.01. The molecule has 0 aliphatic rings. The molecule has 0 spiro atoms. The van der Waals surface area contributed by atoms with Crippen LogP contribution in [-0.4, -0.2) is 10.9 Å². The number of anilines is 1. The van der Waals surface area contributed by atoms with E-state index < -0.39 is 5.95 Å². The van der Waals surface area contributed by atoms with Gasteiger partial charge in [-0.2, -0.15) is 4.39 Å². The van der Waals surface area contributed by atoms with Crippen LogP contribution in [0.25, 0.3) is 11.1 Å². The van der Waals surface area contributed by atoms with E-state index >= 15 is 0 Å². The first-order valence-corrected chi connectivity index (χ1v) is 6.81. The maximum Gasteiger partial charge on any atom is 0.255 e.